The van der Waals surface area contributed by atoms with Gasteiger partial charge in [0.25, 0.3) is 0 Å². The van der Waals surface area contributed by atoms with Gasteiger partial charge in [0.1, 0.15) is 5.82 Å². The Morgan fingerprint density at radius 1 is 1.19 bits per heavy atom. The summed E-state index contributed by atoms with van der Waals surface area (Å²) in [6.07, 6.45) is 6.37. The number of nitrogens with two attached hydrogens (primary N) is 1. The molecule has 3 aromatic rings. The molecule has 4 rings (SSSR count). The Morgan fingerprint density at radius 3 is 2.68 bits per heavy atom. The van der Waals surface area contributed by atoms with Gasteiger partial charge in [0.15, 0.2) is 11.5 Å². The molecular weight excluding hydrogens is 392 g/mol. The van der Waals surface area contributed by atoms with Crippen LogP contribution in [0.15, 0.2) is 18.5 Å². The van der Waals surface area contributed by atoms with Crippen LogP contribution >= 0.6 is 0 Å². The van der Waals surface area contributed by atoms with Gasteiger partial charge in [-0.15, -0.1) is 5.10 Å². The molecule has 31 heavy (non-hydrogen) atoms. The molecular formula is C22H32N8O. The summed E-state index contributed by atoms with van der Waals surface area (Å²) < 4.78 is 7.38. The molecule has 1 aliphatic heterocycles. The lowest BCUT2D eigenvalue weighted by Crippen LogP contribution is -2.54. The van der Waals surface area contributed by atoms with Crippen molar-refractivity contribution in [2.45, 2.75) is 59.0 Å². The van der Waals surface area contributed by atoms with Crippen LogP contribution in [0, 0.1) is 6.92 Å². The van der Waals surface area contributed by atoms with Gasteiger partial charge < -0.3 is 20.7 Å². The summed E-state index contributed by atoms with van der Waals surface area (Å²) in [4.78, 5) is 15.8. The monoisotopic (exact) mass is 424 g/mol. The highest BCUT2D eigenvalue weighted by atomic mass is 16.5. The Bertz CT molecular complexity index is 1040. The van der Waals surface area contributed by atoms with Crippen molar-refractivity contribution in [2.75, 3.05) is 30.3 Å². The second kappa shape index (κ2) is 9.05. The van der Waals surface area contributed by atoms with Gasteiger partial charge in [-0.25, -0.2) is 14.5 Å². The Morgan fingerprint density at radius 2 is 1.97 bits per heavy atom. The van der Waals surface area contributed by atoms with Crippen LogP contribution in [0.5, 0.6) is 6.01 Å². The van der Waals surface area contributed by atoms with E-state index in [2.05, 4.69) is 59.0 Å². The molecule has 3 N–H and O–H groups in total. The average molecular weight is 425 g/mol. The summed E-state index contributed by atoms with van der Waals surface area (Å²) in [6.45, 7) is 11.1. The summed E-state index contributed by atoms with van der Waals surface area (Å²) in [6, 6.07) is 3.37. The van der Waals surface area contributed by atoms with E-state index in [0.29, 0.717) is 36.6 Å². The van der Waals surface area contributed by atoms with Crippen LogP contribution in [-0.2, 0) is 6.42 Å². The van der Waals surface area contributed by atoms with E-state index < -0.39 is 0 Å². The number of piperazine rings is 1. The average Bonchev–Trinajstić information content (AvgIpc) is 3.11. The maximum atomic E-state index is 6.08. The first kappa shape index (κ1) is 21.3. The van der Waals surface area contributed by atoms with Crippen LogP contribution in [0.2, 0.25) is 0 Å². The Hall–Kier alpha value is -2.94. The second-order valence-electron chi connectivity index (χ2n) is 8.50. The summed E-state index contributed by atoms with van der Waals surface area (Å²) in [5.41, 5.74) is 9.82. The minimum absolute atomic E-state index is 0.282. The lowest BCUT2D eigenvalue weighted by atomic mass is 10.1. The van der Waals surface area contributed by atoms with E-state index in [0.717, 1.165) is 43.0 Å². The van der Waals surface area contributed by atoms with Crippen molar-refractivity contribution >= 4 is 17.3 Å². The van der Waals surface area contributed by atoms with Crippen molar-refractivity contribution in [1.29, 1.82) is 0 Å². The van der Waals surface area contributed by atoms with Gasteiger partial charge >= 0.3 is 6.01 Å². The molecule has 1 aliphatic rings. The molecule has 0 bridgehead atoms. The highest BCUT2D eigenvalue weighted by Crippen LogP contribution is 2.23. The second-order valence-corrected chi connectivity index (χ2v) is 8.50. The highest BCUT2D eigenvalue weighted by molar-refractivity contribution is 5.60. The molecule has 4 heterocycles. The van der Waals surface area contributed by atoms with E-state index in [1.807, 2.05) is 6.20 Å². The molecule has 0 radical (unpaired) electrons. The number of anilines is 2. The zero-order chi connectivity index (χ0) is 22.0. The number of hydrogen-bond donors (Lipinski definition) is 2. The number of aromatic nitrogens is 5. The molecule has 3 aromatic heterocycles. The fraction of sp³-hybridized carbons (Fsp3) is 0.545. The van der Waals surface area contributed by atoms with Gasteiger partial charge in [-0.1, -0.05) is 19.4 Å². The van der Waals surface area contributed by atoms with E-state index >= 15 is 0 Å². The van der Waals surface area contributed by atoms with Crippen LogP contribution in [0.1, 0.15) is 50.4 Å². The van der Waals surface area contributed by atoms with E-state index in [1.165, 1.54) is 5.56 Å². The summed E-state index contributed by atoms with van der Waals surface area (Å²) in [7, 11) is 0. The highest BCUT2D eigenvalue weighted by Gasteiger charge is 2.23. The van der Waals surface area contributed by atoms with Crippen molar-refractivity contribution < 1.29 is 4.74 Å². The van der Waals surface area contributed by atoms with Gasteiger partial charge in [-0.3, -0.25) is 0 Å². The number of nitrogen functional groups attached to an aromatic ring is 1. The Balaban J connectivity index is 1.55. The predicted molar refractivity (Wildman–Crippen MR) is 122 cm³/mol. The fourth-order valence-corrected chi connectivity index (χ4v) is 4.18. The molecule has 9 heteroatoms. The van der Waals surface area contributed by atoms with Crippen LogP contribution in [0.4, 0.5) is 11.6 Å². The van der Waals surface area contributed by atoms with Gasteiger partial charge in [0.2, 0.25) is 0 Å². The van der Waals surface area contributed by atoms with Gasteiger partial charge in [-0.05, 0) is 38.3 Å². The number of pyridine rings is 1. The fourth-order valence-electron chi connectivity index (χ4n) is 4.18. The van der Waals surface area contributed by atoms with Crippen molar-refractivity contribution in [2.24, 2.45) is 0 Å². The number of imidazole rings is 1. The zero-order valence-electron chi connectivity index (χ0n) is 18.8. The molecule has 1 fully saturated rings. The minimum Gasteiger partial charge on any atom is -0.462 e. The molecule has 0 aromatic carbocycles. The summed E-state index contributed by atoms with van der Waals surface area (Å²) >= 11 is 0. The molecule has 2 atom stereocenters. The first-order chi connectivity index (χ1) is 14.9. The molecule has 0 aliphatic carbocycles. The van der Waals surface area contributed by atoms with E-state index in [1.54, 1.807) is 10.7 Å². The van der Waals surface area contributed by atoms with E-state index in [4.69, 9.17) is 15.5 Å². The topological polar surface area (TPSA) is 106 Å². The summed E-state index contributed by atoms with van der Waals surface area (Å²) in [5.74, 6) is 1.37. The van der Waals surface area contributed by atoms with Crippen molar-refractivity contribution in [3.05, 3.63) is 35.3 Å². The largest absolute Gasteiger partial charge is 0.462 e. The maximum absolute atomic E-state index is 6.08. The number of nitrogens with zero attached hydrogens (tertiary/aromatic N) is 6. The number of fused-ring (bicyclic) bond motifs is 1. The third kappa shape index (κ3) is 4.71. The third-order valence-corrected chi connectivity index (χ3v) is 5.52. The SMILES string of the molecule is CCCCOc1nc(N)c2ncc(Cc3cnc(N4CC(C)NC(C)C4)c(C)c3)n2n1. The zero-order valence-corrected chi connectivity index (χ0v) is 18.8. The van der Waals surface area contributed by atoms with Crippen molar-refractivity contribution in [3.8, 4) is 6.01 Å². The van der Waals surface area contributed by atoms with Gasteiger partial charge in [0, 0.05) is 37.8 Å². The number of nitrogens with one attached hydrogen (secondary N) is 1. The van der Waals surface area contributed by atoms with Gasteiger partial charge in [0.05, 0.1) is 18.5 Å². The minimum atomic E-state index is 0.282. The molecule has 2 unspecified atom stereocenters. The number of aryl methyl sites for hydroxylation is 1. The quantitative estimate of drug-likeness (QED) is 0.557. The number of unbranched alkanes of at least 4 members (excludes halogenated alkanes) is 1. The maximum Gasteiger partial charge on any atom is 0.336 e. The first-order valence-corrected chi connectivity index (χ1v) is 11.0. The standard InChI is InChI=1S/C22H32N8O/c1-5-6-7-31-22-27-19(23)21-25-11-18(30(21)28-22)9-17-8-14(2)20(24-10-17)29-12-15(3)26-16(4)13-29/h8,10-11,15-16,26H,5-7,9,12-13H2,1-4H3,(H2,23,27,28). The number of ether oxygens (including phenoxy) is 1. The van der Waals surface area contributed by atoms with Crippen LogP contribution in [0.25, 0.3) is 5.65 Å². The van der Waals surface area contributed by atoms with E-state index in [-0.39, 0.29) is 6.01 Å². The first-order valence-electron chi connectivity index (χ1n) is 11.0. The van der Waals surface area contributed by atoms with Crippen molar-refractivity contribution in [3.63, 3.8) is 0 Å². The predicted octanol–water partition coefficient (Wildman–Crippen LogP) is 2.37. The lowest BCUT2D eigenvalue weighted by Gasteiger charge is -2.37. The number of hydrogen-bond acceptors (Lipinski definition) is 8. The van der Waals surface area contributed by atoms with Crippen LogP contribution < -0.4 is 20.7 Å². The number of rotatable bonds is 7. The molecule has 9 nitrogen and oxygen atoms in total. The Kier molecular flexibility index (Phi) is 6.22. The van der Waals surface area contributed by atoms with E-state index in [9.17, 15) is 0 Å². The Labute approximate surface area is 183 Å². The van der Waals surface area contributed by atoms with Crippen LogP contribution in [0.3, 0.4) is 0 Å². The van der Waals surface area contributed by atoms with Crippen LogP contribution in [-0.4, -0.2) is 56.3 Å². The molecule has 0 saturated carbocycles. The normalized spacial score (nSPS) is 19.2. The van der Waals surface area contributed by atoms with Crippen molar-refractivity contribution in [1.82, 2.24) is 29.9 Å². The molecule has 0 spiro atoms. The van der Waals surface area contributed by atoms with Gasteiger partial charge in [-0.2, -0.15) is 4.98 Å². The molecule has 0 amide bonds. The third-order valence-electron chi connectivity index (χ3n) is 5.52. The smallest absolute Gasteiger partial charge is 0.336 e. The lowest BCUT2D eigenvalue weighted by molar-refractivity contribution is 0.280. The molecule has 166 valence electrons. The summed E-state index contributed by atoms with van der Waals surface area (Å²) in [5, 5.41) is 8.07. The molecule has 1 saturated heterocycles.